The minimum absolute atomic E-state index is 0.00876. The third-order valence-electron chi connectivity index (χ3n) is 3.89. The van der Waals surface area contributed by atoms with E-state index in [4.69, 9.17) is 23.2 Å². The smallest absolute Gasteiger partial charge is 0.142 e. The normalized spacial score (nSPS) is 16.8. The third-order valence-corrected chi connectivity index (χ3v) is 4.43. The maximum atomic E-state index is 13.6. The first kappa shape index (κ1) is 13.9. The summed E-state index contributed by atoms with van der Waals surface area (Å²) < 4.78 is 13.6. The van der Waals surface area contributed by atoms with Crippen LogP contribution in [0.5, 0.6) is 0 Å². The van der Waals surface area contributed by atoms with Crippen molar-refractivity contribution >= 4 is 23.2 Å². The van der Waals surface area contributed by atoms with Gasteiger partial charge in [-0.25, -0.2) is 4.39 Å². The highest BCUT2D eigenvalue weighted by molar-refractivity contribution is 6.31. The molecule has 1 N–H and O–H groups in total. The molecule has 2 aromatic rings. The molecule has 1 heterocycles. The number of nitrogens with one attached hydrogen (secondary N) is 1. The molecule has 1 aliphatic heterocycles. The highest BCUT2D eigenvalue weighted by Gasteiger charge is 2.38. The van der Waals surface area contributed by atoms with E-state index < -0.39 is 0 Å². The molecule has 1 nitrogen and oxygen atoms in total. The molecular formula is C16H14Cl2FN. The SMILES string of the molecule is Fc1cc(CC2(c3cccc(Cl)c3)CNC2)ccc1Cl. The second-order valence-corrected chi connectivity index (χ2v) is 6.16. The minimum atomic E-state index is -0.363. The largest absolute Gasteiger partial charge is 0.315 e. The van der Waals surface area contributed by atoms with Gasteiger partial charge in [0.2, 0.25) is 0 Å². The summed E-state index contributed by atoms with van der Waals surface area (Å²) in [5, 5.41) is 4.20. The van der Waals surface area contributed by atoms with Gasteiger partial charge in [0.15, 0.2) is 0 Å². The Labute approximate surface area is 127 Å². The van der Waals surface area contributed by atoms with Crippen LogP contribution in [0, 0.1) is 5.82 Å². The van der Waals surface area contributed by atoms with Gasteiger partial charge in [-0.3, -0.25) is 0 Å². The monoisotopic (exact) mass is 309 g/mol. The fraction of sp³-hybridized carbons (Fsp3) is 0.250. The molecule has 20 heavy (non-hydrogen) atoms. The molecule has 0 atom stereocenters. The zero-order valence-corrected chi connectivity index (χ0v) is 12.3. The molecule has 1 fully saturated rings. The molecule has 0 radical (unpaired) electrons. The van der Waals surface area contributed by atoms with Crippen molar-refractivity contribution in [3.8, 4) is 0 Å². The Morgan fingerprint density at radius 2 is 1.90 bits per heavy atom. The molecule has 0 spiro atoms. The van der Waals surface area contributed by atoms with E-state index in [1.54, 1.807) is 6.07 Å². The predicted molar refractivity (Wildman–Crippen MR) is 81.1 cm³/mol. The summed E-state index contributed by atoms with van der Waals surface area (Å²) in [4.78, 5) is 0. The van der Waals surface area contributed by atoms with Gasteiger partial charge in [0.05, 0.1) is 5.02 Å². The van der Waals surface area contributed by atoms with Crippen LogP contribution in [-0.4, -0.2) is 13.1 Å². The van der Waals surface area contributed by atoms with Gasteiger partial charge in [-0.05, 0) is 41.8 Å². The lowest BCUT2D eigenvalue weighted by molar-refractivity contribution is 0.274. The van der Waals surface area contributed by atoms with Crippen LogP contribution >= 0.6 is 23.2 Å². The lowest BCUT2D eigenvalue weighted by Crippen LogP contribution is -2.58. The molecule has 0 aromatic heterocycles. The van der Waals surface area contributed by atoms with Crippen LogP contribution < -0.4 is 5.32 Å². The molecular weight excluding hydrogens is 296 g/mol. The van der Waals surface area contributed by atoms with E-state index in [2.05, 4.69) is 11.4 Å². The van der Waals surface area contributed by atoms with Crippen molar-refractivity contribution in [2.45, 2.75) is 11.8 Å². The Morgan fingerprint density at radius 3 is 2.50 bits per heavy atom. The van der Waals surface area contributed by atoms with Crippen LogP contribution in [0.1, 0.15) is 11.1 Å². The van der Waals surface area contributed by atoms with E-state index in [1.165, 1.54) is 11.6 Å². The summed E-state index contributed by atoms with van der Waals surface area (Å²) in [5.74, 6) is -0.363. The van der Waals surface area contributed by atoms with E-state index in [0.717, 1.165) is 30.1 Å². The first-order valence-corrected chi connectivity index (χ1v) is 7.25. The molecule has 1 aliphatic rings. The number of benzene rings is 2. The zero-order valence-electron chi connectivity index (χ0n) is 10.8. The van der Waals surface area contributed by atoms with Crippen molar-refractivity contribution in [1.82, 2.24) is 5.32 Å². The van der Waals surface area contributed by atoms with Crippen molar-refractivity contribution in [2.24, 2.45) is 0 Å². The third kappa shape index (κ3) is 2.56. The van der Waals surface area contributed by atoms with E-state index in [0.29, 0.717) is 0 Å². The summed E-state index contributed by atoms with van der Waals surface area (Å²) in [6.45, 7) is 1.75. The van der Waals surface area contributed by atoms with Gasteiger partial charge < -0.3 is 5.32 Å². The minimum Gasteiger partial charge on any atom is -0.315 e. The van der Waals surface area contributed by atoms with Crippen LogP contribution in [0.15, 0.2) is 42.5 Å². The van der Waals surface area contributed by atoms with Crippen LogP contribution in [0.2, 0.25) is 10.0 Å². The lowest BCUT2D eigenvalue weighted by Gasteiger charge is -2.43. The van der Waals surface area contributed by atoms with E-state index >= 15 is 0 Å². The van der Waals surface area contributed by atoms with Crippen molar-refractivity contribution in [1.29, 1.82) is 0 Å². The molecule has 0 bridgehead atoms. The number of rotatable bonds is 3. The average Bonchev–Trinajstić information content (AvgIpc) is 2.38. The van der Waals surface area contributed by atoms with Crippen molar-refractivity contribution in [3.05, 3.63) is 69.5 Å². The maximum absolute atomic E-state index is 13.6. The topological polar surface area (TPSA) is 12.0 Å². The van der Waals surface area contributed by atoms with Crippen molar-refractivity contribution < 1.29 is 4.39 Å². The number of halogens is 3. The fourth-order valence-corrected chi connectivity index (χ4v) is 3.02. The summed E-state index contributed by atoms with van der Waals surface area (Å²) in [5.41, 5.74) is 2.14. The standard InChI is InChI=1S/C16H14Cl2FN/c17-13-3-1-2-12(7-13)16(9-20-10-16)8-11-4-5-14(18)15(19)6-11/h1-7,20H,8-10H2. The van der Waals surface area contributed by atoms with Crippen LogP contribution in [0.4, 0.5) is 4.39 Å². The summed E-state index contributed by atoms with van der Waals surface area (Å²) in [6.07, 6.45) is 0.772. The summed E-state index contributed by atoms with van der Waals surface area (Å²) in [6, 6.07) is 12.9. The Hall–Kier alpha value is -1.09. The average molecular weight is 310 g/mol. The Balaban J connectivity index is 1.91. The second-order valence-electron chi connectivity index (χ2n) is 5.32. The Kier molecular flexibility index (Phi) is 3.72. The quantitative estimate of drug-likeness (QED) is 0.895. The van der Waals surface area contributed by atoms with Crippen LogP contribution in [0.25, 0.3) is 0 Å². The molecule has 3 rings (SSSR count). The highest BCUT2D eigenvalue weighted by Crippen LogP contribution is 2.34. The van der Waals surface area contributed by atoms with Gasteiger partial charge in [0.25, 0.3) is 0 Å². The van der Waals surface area contributed by atoms with Gasteiger partial charge in [-0.2, -0.15) is 0 Å². The number of hydrogen-bond donors (Lipinski definition) is 1. The lowest BCUT2D eigenvalue weighted by atomic mass is 9.71. The van der Waals surface area contributed by atoms with Gasteiger partial charge in [-0.15, -0.1) is 0 Å². The molecule has 2 aromatic carbocycles. The van der Waals surface area contributed by atoms with Crippen LogP contribution in [-0.2, 0) is 11.8 Å². The molecule has 104 valence electrons. The van der Waals surface area contributed by atoms with Gasteiger partial charge >= 0.3 is 0 Å². The molecule has 0 unspecified atom stereocenters. The fourth-order valence-electron chi connectivity index (χ4n) is 2.72. The first-order chi connectivity index (χ1) is 9.59. The van der Waals surface area contributed by atoms with E-state index in [1.807, 2.05) is 24.3 Å². The zero-order chi connectivity index (χ0) is 14.2. The van der Waals surface area contributed by atoms with E-state index in [-0.39, 0.29) is 16.3 Å². The van der Waals surface area contributed by atoms with Gasteiger partial charge in [-0.1, -0.05) is 41.4 Å². The Bertz CT molecular complexity index is 638. The van der Waals surface area contributed by atoms with Gasteiger partial charge in [0.1, 0.15) is 5.82 Å². The van der Waals surface area contributed by atoms with E-state index in [9.17, 15) is 4.39 Å². The molecule has 1 saturated heterocycles. The van der Waals surface area contributed by atoms with Crippen molar-refractivity contribution in [2.75, 3.05) is 13.1 Å². The number of hydrogen-bond acceptors (Lipinski definition) is 1. The Morgan fingerprint density at radius 1 is 1.10 bits per heavy atom. The second kappa shape index (κ2) is 5.36. The molecule has 0 saturated carbocycles. The highest BCUT2D eigenvalue weighted by atomic mass is 35.5. The maximum Gasteiger partial charge on any atom is 0.142 e. The summed E-state index contributed by atoms with van der Waals surface area (Å²) >= 11 is 11.8. The van der Waals surface area contributed by atoms with Crippen LogP contribution in [0.3, 0.4) is 0 Å². The molecule has 4 heteroatoms. The van der Waals surface area contributed by atoms with Gasteiger partial charge in [0, 0.05) is 23.5 Å². The first-order valence-electron chi connectivity index (χ1n) is 6.50. The molecule has 0 aliphatic carbocycles. The predicted octanol–water partition coefficient (Wildman–Crippen LogP) is 4.22. The van der Waals surface area contributed by atoms with Crippen molar-refractivity contribution in [3.63, 3.8) is 0 Å². The molecule has 0 amide bonds. The summed E-state index contributed by atoms with van der Waals surface area (Å²) in [7, 11) is 0.